The van der Waals surface area contributed by atoms with Crippen LogP contribution in [-0.4, -0.2) is 63.6 Å². The Labute approximate surface area is 212 Å². The molecule has 4 heterocycles. The zero-order valence-electron chi connectivity index (χ0n) is 20.2. The van der Waals surface area contributed by atoms with E-state index in [1.165, 1.54) is 30.6 Å². The highest BCUT2D eigenvalue weighted by molar-refractivity contribution is 5.99. The molecule has 188 valence electrons. The Morgan fingerprint density at radius 3 is 2.65 bits per heavy atom. The number of pyridine rings is 2. The second-order valence-corrected chi connectivity index (χ2v) is 8.66. The monoisotopic (exact) mass is 500 g/mol. The van der Waals surface area contributed by atoms with Gasteiger partial charge in [-0.25, -0.2) is 14.4 Å². The molecule has 0 atom stereocenters. The fourth-order valence-electron chi connectivity index (χ4n) is 4.12. The molecule has 0 bridgehead atoms. The molecule has 10 nitrogen and oxygen atoms in total. The molecule has 1 aromatic carbocycles. The third-order valence-corrected chi connectivity index (χ3v) is 6.13. The smallest absolute Gasteiger partial charge is 0.247 e. The van der Waals surface area contributed by atoms with Crippen molar-refractivity contribution in [2.75, 3.05) is 48.8 Å². The third kappa shape index (κ3) is 5.16. The van der Waals surface area contributed by atoms with Crippen molar-refractivity contribution in [1.82, 2.24) is 24.4 Å². The van der Waals surface area contributed by atoms with E-state index in [4.69, 9.17) is 0 Å². The number of rotatable bonds is 6. The molecule has 4 aromatic rings. The number of benzene rings is 1. The van der Waals surface area contributed by atoms with Gasteiger partial charge in [-0.15, -0.1) is 0 Å². The molecule has 1 aliphatic rings. The van der Waals surface area contributed by atoms with Gasteiger partial charge in [-0.3, -0.25) is 14.2 Å². The summed E-state index contributed by atoms with van der Waals surface area (Å²) in [6.45, 7) is 6.73. The third-order valence-electron chi connectivity index (χ3n) is 6.13. The van der Waals surface area contributed by atoms with Crippen molar-refractivity contribution in [2.45, 2.75) is 0 Å². The first-order chi connectivity index (χ1) is 17.9. The number of aromatic nitrogens is 4. The van der Waals surface area contributed by atoms with Crippen LogP contribution in [0.15, 0.2) is 72.4 Å². The topological polar surface area (TPSA) is 108 Å². The number of carbonyl (C=O) groups is 1. The van der Waals surface area contributed by atoms with Crippen molar-refractivity contribution in [2.24, 2.45) is 0 Å². The van der Waals surface area contributed by atoms with Gasteiger partial charge in [0, 0.05) is 68.3 Å². The number of halogens is 1. The lowest BCUT2D eigenvalue weighted by Crippen LogP contribution is -2.44. The molecule has 0 saturated carbocycles. The Kier molecular flexibility index (Phi) is 6.60. The van der Waals surface area contributed by atoms with Crippen LogP contribution in [0.3, 0.4) is 0 Å². The van der Waals surface area contributed by atoms with Crippen LogP contribution >= 0.6 is 0 Å². The summed E-state index contributed by atoms with van der Waals surface area (Å²) in [6, 6.07) is 9.60. The van der Waals surface area contributed by atoms with Gasteiger partial charge in [-0.05, 0) is 37.4 Å². The molecule has 5 rings (SSSR count). The molecule has 0 spiro atoms. The van der Waals surface area contributed by atoms with Crippen molar-refractivity contribution in [1.29, 1.82) is 0 Å². The van der Waals surface area contributed by atoms with Crippen LogP contribution in [0.4, 0.5) is 27.4 Å². The molecule has 0 radical (unpaired) electrons. The first-order valence-electron chi connectivity index (χ1n) is 11.7. The van der Waals surface area contributed by atoms with Crippen LogP contribution in [0.25, 0.3) is 16.9 Å². The van der Waals surface area contributed by atoms with Gasteiger partial charge in [0.15, 0.2) is 11.1 Å². The highest BCUT2D eigenvalue weighted by Gasteiger charge is 2.18. The molecular weight excluding hydrogens is 475 g/mol. The minimum Gasteiger partial charge on any atom is -0.367 e. The van der Waals surface area contributed by atoms with Crippen molar-refractivity contribution < 1.29 is 9.18 Å². The van der Waals surface area contributed by atoms with Crippen LogP contribution in [0.2, 0.25) is 0 Å². The number of fused-ring (bicyclic) bond motifs is 1. The molecule has 1 amide bonds. The van der Waals surface area contributed by atoms with Gasteiger partial charge in [-0.2, -0.15) is 4.98 Å². The maximum atomic E-state index is 15.0. The van der Waals surface area contributed by atoms with Crippen molar-refractivity contribution in [3.63, 3.8) is 0 Å². The average Bonchev–Trinajstić information content (AvgIpc) is 2.90. The minimum atomic E-state index is -0.360. The van der Waals surface area contributed by atoms with E-state index in [1.54, 1.807) is 35.0 Å². The lowest BCUT2D eigenvalue weighted by Gasteiger charge is -2.34. The summed E-state index contributed by atoms with van der Waals surface area (Å²) >= 11 is 0. The number of anilines is 4. The van der Waals surface area contributed by atoms with E-state index in [0.717, 1.165) is 26.2 Å². The van der Waals surface area contributed by atoms with Crippen molar-refractivity contribution >= 4 is 40.0 Å². The molecule has 2 N–H and O–H groups in total. The number of carbonyl (C=O) groups excluding carboxylic acids is 1. The van der Waals surface area contributed by atoms with Gasteiger partial charge in [0.25, 0.3) is 0 Å². The Morgan fingerprint density at radius 1 is 1.08 bits per heavy atom. The van der Waals surface area contributed by atoms with Gasteiger partial charge in [0.1, 0.15) is 11.6 Å². The number of nitrogens with one attached hydrogen (secondary N) is 2. The summed E-state index contributed by atoms with van der Waals surface area (Å²) < 4.78 is 16.6. The number of amides is 1. The maximum absolute atomic E-state index is 15.0. The van der Waals surface area contributed by atoms with Crippen LogP contribution in [-0.2, 0) is 4.79 Å². The van der Waals surface area contributed by atoms with Crippen LogP contribution in [0.5, 0.6) is 0 Å². The average molecular weight is 501 g/mol. The quantitative estimate of drug-likeness (QED) is 0.389. The zero-order valence-corrected chi connectivity index (χ0v) is 20.2. The van der Waals surface area contributed by atoms with Crippen molar-refractivity contribution in [3.8, 4) is 5.82 Å². The molecule has 0 aliphatic carbocycles. The number of hydrogen-bond acceptors (Lipinski definition) is 8. The predicted molar refractivity (Wildman–Crippen MR) is 141 cm³/mol. The van der Waals surface area contributed by atoms with E-state index in [9.17, 15) is 14.0 Å². The van der Waals surface area contributed by atoms with E-state index < -0.39 is 0 Å². The molecule has 3 aromatic heterocycles. The fourth-order valence-corrected chi connectivity index (χ4v) is 4.12. The minimum absolute atomic E-state index is 0.190. The van der Waals surface area contributed by atoms with Crippen LogP contribution in [0.1, 0.15) is 0 Å². The van der Waals surface area contributed by atoms with E-state index in [-0.39, 0.29) is 28.5 Å². The summed E-state index contributed by atoms with van der Waals surface area (Å²) in [5.74, 6) is -0.0785. The van der Waals surface area contributed by atoms with Crippen molar-refractivity contribution in [3.05, 3.63) is 83.7 Å². The summed E-state index contributed by atoms with van der Waals surface area (Å²) in [5, 5.41) is 5.99. The van der Waals surface area contributed by atoms with E-state index in [1.807, 2.05) is 4.90 Å². The standard InChI is InChI=1S/C26H25FN8O2/c1-3-24(37)30-18-6-8-28-23(15-18)35-9-7-22(36)19-16-29-26(32-25(19)35)31-17-4-5-21(20(27)14-17)34-12-10-33(2)11-13-34/h3-9,14-16H,1,10-13H2,2H3,(H,28,30,37)(H,29,31,32). The first kappa shape index (κ1) is 24.1. The van der Waals surface area contributed by atoms with Crippen LogP contribution < -0.4 is 21.0 Å². The second-order valence-electron chi connectivity index (χ2n) is 8.66. The molecule has 11 heteroatoms. The first-order valence-corrected chi connectivity index (χ1v) is 11.7. The summed E-state index contributed by atoms with van der Waals surface area (Å²) in [4.78, 5) is 41.5. The Hall–Kier alpha value is -4.64. The molecule has 1 fully saturated rings. The normalized spacial score (nSPS) is 13.9. The molecule has 1 saturated heterocycles. The highest BCUT2D eigenvalue weighted by atomic mass is 19.1. The molecule has 37 heavy (non-hydrogen) atoms. The van der Waals surface area contributed by atoms with E-state index >= 15 is 0 Å². The Bertz CT molecular complexity index is 1550. The SMILES string of the molecule is C=CC(=O)Nc1ccnc(-n2ccc(=O)c3cnc(Nc4ccc(N5CCN(C)CC5)c(F)c4)nc32)c1. The zero-order chi connectivity index (χ0) is 25.9. The lowest BCUT2D eigenvalue weighted by atomic mass is 10.2. The number of hydrogen-bond donors (Lipinski definition) is 2. The predicted octanol–water partition coefficient (Wildman–Crippen LogP) is 2.93. The second kappa shape index (κ2) is 10.2. The number of piperazine rings is 1. The van der Waals surface area contributed by atoms with E-state index in [2.05, 4.69) is 44.1 Å². The summed E-state index contributed by atoms with van der Waals surface area (Å²) in [7, 11) is 2.05. The van der Waals surface area contributed by atoms with E-state index in [0.29, 0.717) is 28.5 Å². The maximum Gasteiger partial charge on any atom is 0.247 e. The van der Waals surface area contributed by atoms with Gasteiger partial charge >= 0.3 is 0 Å². The Balaban J connectivity index is 1.45. The summed E-state index contributed by atoms with van der Waals surface area (Å²) in [5.41, 5.74) is 1.59. The van der Waals surface area contributed by atoms with Gasteiger partial charge in [0.05, 0.1) is 11.1 Å². The number of likely N-dealkylation sites (N-methyl/N-ethyl adjacent to an activating group) is 1. The fraction of sp³-hybridized carbons (Fsp3) is 0.192. The highest BCUT2D eigenvalue weighted by Crippen LogP contribution is 2.25. The molecule has 0 unspecified atom stereocenters. The Morgan fingerprint density at radius 2 is 1.89 bits per heavy atom. The molecule has 1 aliphatic heterocycles. The number of nitrogens with zero attached hydrogens (tertiary/aromatic N) is 6. The largest absolute Gasteiger partial charge is 0.367 e. The molecular formula is C26H25FN8O2. The summed E-state index contributed by atoms with van der Waals surface area (Å²) in [6.07, 6.45) is 5.67. The van der Waals surface area contributed by atoms with Gasteiger partial charge in [-0.1, -0.05) is 6.58 Å². The lowest BCUT2D eigenvalue weighted by molar-refractivity contribution is -0.111. The van der Waals surface area contributed by atoms with Gasteiger partial charge < -0.3 is 20.4 Å². The van der Waals surface area contributed by atoms with Crippen LogP contribution in [0, 0.1) is 5.82 Å². The van der Waals surface area contributed by atoms with Gasteiger partial charge in [0.2, 0.25) is 11.9 Å².